The molecular weight excluding hydrogens is 574 g/mol. The van der Waals surface area contributed by atoms with Crippen LogP contribution in [-0.4, -0.2) is 42.0 Å². The van der Waals surface area contributed by atoms with Crippen molar-refractivity contribution in [3.63, 3.8) is 0 Å². The first-order chi connectivity index (χ1) is 19.0. The molecule has 15 heteroatoms. The first-order valence-electron chi connectivity index (χ1n) is 11.4. The second-order valence-electron chi connectivity index (χ2n) is 8.55. The Labute approximate surface area is 238 Å². The van der Waals surface area contributed by atoms with E-state index in [2.05, 4.69) is 30.1 Å². The molecule has 4 rings (SSSR count). The molecule has 0 bridgehead atoms. The van der Waals surface area contributed by atoms with Gasteiger partial charge in [0.05, 0.1) is 49.1 Å². The highest BCUT2D eigenvalue weighted by molar-refractivity contribution is 7.92. The molecule has 40 heavy (non-hydrogen) atoms. The number of hydrogen-bond acceptors (Lipinski definition) is 10. The molecule has 3 aromatic heterocycles. The van der Waals surface area contributed by atoms with Gasteiger partial charge in [0.2, 0.25) is 6.19 Å². The van der Waals surface area contributed by atoms with E-state index in [1.54, 1.807) is 25.3 Å². The molecule has 0 aliphatic rings. The molecule has 0 spiro atoms. The molecule has 3 heterocycles. The highest BCUT2D eigenvalue weighted by atomic mass is 35.5. The van der Waals surface area contributed by atoms with Crippen LogP contribution in [0.3, 0.4) is 0 Å². The molecule has 0 aliphatic heterocycles. The summed E-state index contributed by atoms with van der Waals surface area (Å²) < 4.78 is 17.3. The van der Waals surface area contributed by atoms with Crippen molar-refractivity contribution in [3.8, 4) is 18.1 Å². The van der Waals surface area contributed by atoms with Crippen LogP contribution in [0.2, 0.25) is 5.02 Å². The predicted molar refractivity (Wildman–Crippen MR) is 151 cm³/mol. The van der Waals surface area contributed by atoms with Crippen molar-refractivity contribution in [1.29, 1.82) is 10.5 Å². The molecule has 0 saturated carbocycles. The normalized spacial score (nSPS) is 12.1. The number of nitrogens with one attached hydrogen (secondary N) is 2. The first-order valence-corrected chi connectivity index (χ1v) is 14.7. The van der Waals surface area contributed by atoms with E-state index in [-0.39, 0.29) is 44.8 Å². The van der Waals surface area contributed by atoms with Gasteiger partial charge in [-0.1, -0.05) is 11.6 Å². The highest BCUT2D eigenvalue weighted by Gasteiger charge is 2.24. The lowest BCUT2D eigenvalue weighted by Gasteiger charge is -2.15. The van der Waals surface area contributed by atoms with Crippen LogP contribution in [0.5, 0.6) is 0 Å². The van der Waals surface area contributed by atoms with Gasteiger partial charge >= 0.3 is 0 Å². The van der Waals surface area contributed by atoms with Crippen molar-refractivity contribution in [1.82, 2.24) is 19.7 Å². The Balaban J connectivity index is 1.78. The fraction of sp³-hybridized carbons (Fsp3) is 0.160. The number of nitriles is 2. The lowest BCUT2D eigenvalue weighted by molar-refractivity contribution is 0.101. The highest BCUT2D eigenvalue weighted by Crippen LogP contribution is 2.27. The number of aryl methyl sites for hydroxylation is 2. The van der Waals surface area contributed by atoms with Crippen LogP contribution >= 0.6 is 22.9 Å². The van der Waals surface area contributed by atoms with Gasteiger partial charge in [0.25, 0.3) is 11.8 Å². The molecular formula is C25H20ClN9O3S2. The van der Waals surface area contributed by atoms with Crippen LogP contribution in [0.25, 0.3) is 5.82 Å². The molecule has 0 aliphatic carbocycles. The zero-order valence-electron chi connectivity index (χ0n) is 21.3. The van der Waals surface area contributed by atoms with Gasteiger partial charge in [-0.05, 0) is 49.7 Å². The van der Waals surface area contributed by atoms with Gasteiger partial charge in [-0.3, -0.25) is 14.9 Å². The Morgan fingerprint density at radius 2 is 1.95 bits per heavy atom. The molecule has 0 fully saturated rings. The third-order valence-corrected chi connectivity index (χ3v) is 7.79. The number of carbonyl (C=O) groups excluding carboxylic acids is 2. The third-order valence-electron chi connectivity index (χ3n) is 5.37. The summed E-state index contributed by atoms with van der Waals surface area (Å²) in [4.78, 5) is 36.1. The van der Waals surface area contributed by atoms with Crippen molar-refractivity contribution in [3.05, 3.63) is 80.7 Å². The molecule has 0 saturated heterocycles. The van der Waals surface area contributed by atoms with Crippen LogP contribution in [0.1, 0.15) is 42.5 Å². The minimum absolute atomic E-state index is 0.0339. The number of nitrogens with zero attached hydrogens (tertiary/aromatic N) is 7. The summed E-state index contributed by atoms with van der Waals surface area (Å²) in [5.74, 6) is -1.34. The van der Waals surface area contributed by atoms with Crippen LogP contribution in [0.15, 0.2) is 47.1 Å². The van der Waals surface area contributed by atoms with E-state index >= 15 is 0 Å². The van der Waals surface area contributed by atoms with Crippen LogP contribution < -0.4 is 10.6 Å². The Kier molecular flexibility index (Phi) is 8.25. The van der Waals surface area contributed by atoms with E-state index in [1.807, 2.05) is 13.0 Å². The molecule has 1 unspecified atom stereocenters. The Bertz CT molecular complexity index is 1860. The standard InChI is InChI=1S/C25H20ClN9O3S2/c1-14-7-16(10-27)8-18(23(36)33-25-30-11-15(2)39-25)21(14)32-24(37)20-9-17(12-40(3,38)31-13-28)34-35(20)22-19(26)5-4-6-29-22/h4-9,11H,12H2,1-3H3,(H,32,37)(H,30,33,36). The maximum Gasteiger partial charge on any atom is 0.274 e. The second kappa shape index (κ2) is 11.6. The Hall–Kier alpha value is -4.63. The topological polar surface area (TPSA) is 179 Å². The number of aromatic nitrogens is 4. The molecule has 12 nitrogen and oxygen atoms in total. The summed E-state index contributed by atoms with van der Waals surface area (Å²) in [6.45, 7) is 3.49. The molecule has 1 atom stereocenters. The van der Waals surface area contributed by atoms with Gasteiger partial charge in [0, 0.05) is 23.5 Å². The zero-order chi connectivity index (χ0) is 29.0. The summed E-state index contributed by atoms with van der Waals surface area (Å²) in [6, 6.07) is 9.47. The third kappa shape index (κ3) is 6.32. The minimum atomic E-state index is -2.96. The number of carbonyl (C=O) groups is 2. The number of amides is 2. The first kappa shape index (κ1) is 28.4. The quantitative estimate of drug-likeness (QED) is 0.295. The SMILES string of the molecule is Cc1cnc(NC(=O)c2cc(C#N)cc(C)c2NC(=O)c2cc(CS(C)(=O)=NC#N)nn2-c2ncccc2Cl)s1. The summed E-state index contributed by atoms with van der Waals surface area (Å²) in [5, 5.41) is 28.7. The average Bonchev–Trinajstić information content (AvgIpc) is 3.50. The van der Waals surface area contributed by atoms with Gasteiger partial charge < -0.3 is 5.32 Å². The van der Waals surface area contributed by atoms with E-state index in [9.17, 15) is 19.1 Å². The Morgan fingerprint density at radius 3 is 2.60 bits per heavy atom. The van der Waals surface area contributed by atoms with Gasteiger partial charge in [-0.15, -0.1) is 15.7 Å². The molecule has 4 aromatic rings. The summed E-state index contributed by atoms with van der Waals surface area (Å²) in [6.07, 6.45) is 5.91. The summed E-state index contributed by atoms with van der Waals surface area (Å²) >= 11 is 7.61. The zero-order valence-corrected chi connectivity index (χ0v) is 23.7. The van der Waals surface area contributed by atoms with Gasteiger partial charge in [-0.25, -0.2) is 18.9 Å². The van der Waals surface area contributed by atoms with E-state index in [0.29, 0.717) is 10.7 Å². The number of anilines is 2. The molecule has 202 valence electrons. The van der Waals surface area contributed by atoms with Crippen molar-refractivity contribution in [2.75, 3.05) is 16.9 Å². The fourth-order valence-electron chi connectivity index (χ4n) is 3.70. The van der Waals surface area contributed by atoms with Gasteiger partial charge in [0.1, 0.15) is 5.69 Å². The number of halogens is 1. The number of hydrogen-bond donors (Lipinski definition) is 2. The Morgan fingerprint density at radius 1 is 1.18 bits per heavy atom. The average molecular weight is 594 g/mol. The van der Waals surface area contributed by atoms with E-state index in [1.165, 1.54) is 52.9 Å². The number of rotatable bonds is 7. The van der Waals surface area contributed by atoms with Crippen molar-refractivity contribution < 1.29 is 13.8 Å². The maximum atomic E-state index is 13.7. The van der Waals surface area contributed by atoms with Crippen LogP contribution in [-0.2, 0) is 15.5 Å². The minimum Gasteiger partial charge on any atom is -0.320 e. The monoisotopic (exact) mass is 593 g/mol. The molecule has 2 amide bonds. The van der Waals surface area contributed by atoms with Crippen molar-refractivity contribution in [2.24, 2.45) is 4.36 Å². The smallest absolute Gasteiger partial charge is 0.274 e. The fourth-order valence-corrected chi connectivity index (χ4v) is 5.49. The molecule has 2 N–H and O–H groups in total. The van der Waals surface area contributed by atoms with Crippen molar-refractivity contribution >= 4 is 55.3 Å². The number of thiazole rings is 1. The second-order valence-corrected chi connectivity index (χ2v) is 12.6. The maximum absolute atomic E-state index is 13.7. The van der Waals surface area contributed by atoms with E-state index < -0.39 is 21.5 Å². The predicted octanol–water partition coefficient (Wildman–Crippen LogP) is 4.45. The largest absolute Gasteiger partial charge is 0.320 e. The molecule has 0 radical (unpaired) electrons. The van der Waals surface area contributed by atoms with Crippen LogP contribution in [0.4, 0.5) is 10.8 Å². The van der Waals surface area contributed by atoms with Crippen LogP contribution in [0, 0.1) is 36.6 Å². The number of benzene rings is 1. The summed E-state index contributed by atoms with van der Waals surface area (Å²) in [5.41, 5.74) is 1.06. The summed E-state index contributed by atoms with van der Waals surface area (Å²) in [7, 11) is -2.96. The van der Waals surface area contributed by atoms with Gasteiger partial charge in [-0.2, -0.15) is 15.6 Å². The van der Waals surface area contributed by atoms with E-state index in [4.69, 9.17) is 16.9 Å². The van der Waals surface area contributed by atoms with Gasteiger partial charge in [0.15, 0.2) is 10.9 Å². The molecule has 1 aromatic carbocycles. The lowest BCUT2D eigenvalue weighted by Crippen LogP contribution is -2.22. The van der Waals surface area contributed by atoms with Crippen molar-refractivity contribution in [2.45, 2.75) is 19.6 Å². The lowest BCUT2D eigenvalue weighted by atomic mass is 10.0. The van der Waals surface area contributed by atoms with E-state index in [0.717, 1.165) is 4.88 Å². The number of pyridine rings is 1.